The zero-order valence-corrected chi connectivity index (χ0v) is 11.4. The third-order valence-corrected chi connectivity index (χ3v) is 3.70. The highest BCUT2D eigenvalue weighted by Crippen LogP contribution is 2.24. The lowest BCUT2D eigenvalue weighted by Gasteiger charge is -2.01. The van der Waals surface area contributed by atoms with E-state index in [4.69, 9.17) is 16.2 Å². The van der Waals surface area contributed by atoms with Gasteiger partial charge in [0.15, 0.2) is 0 Å². The quantitative estimate of drug-likeness (QED) is 0.642. The normalized spacial score (nSPS) is 10.9. The van der Waals surface area contributed by atoms with Crippen molar-refractivity contribution in [2.45, 2.75) is 4.90 Å². The summed E-state index contributed by atoms with van der Waals surface area (Å²) < 4.78 is 32.8. The second-order valence-electron chi connectivity index (χ2n) is 3.72. The largest absolute Gasteiger partial charge is 0.296 e. The number of hydrogen-bond acceptors (Lipinski definition) is 3. The minimum absolute atomic E-state index is 0.103. The summed E-state index contributed by atoms with van der Waals surface area (Å²) >= 11 is 5.90. The van der Waals surface area contributed by atoms with Gasteiger partial charge in [-0.1, -0.05) is 23.6 Å². The molecule has 2 aromatic rings. The number of aryl methyl sites for hydroxylation is 1. The van der Waals surface area contributed by atoms with Gasteiger partial charge in [0.25, 0.3) is 10.1 Å². The van der Waals surface area contributed by atoms with Crippen LogP contribution in [0.2, 0.25) is 5.02 Å². The van der Waals surface area contributed by atoms with Crippen LogP contribution in [0.1, 0.15) is 11.3 Å². The Kier molecular flexibility index (Phi) is 3.62. The first kappa shape index (κ1) is 13.6. The first-order valence-corrected chi connectivity index (χ1v) is 6.97. The molecule has 7 heteroatoms. The van der Waals surface area contributed by atoms with Crippen LogP contribution in [0.25, 0.3) is 0 Å². The Morgan fingerprint density at radius 1 is 1.32 bits per heavy atom. The van der Waals surface area contributed by atoms with Crippen molar-refractivity contribution in [3.63, 3.8) is 0 Å². The number of benzene rings is 1. The molecule has 98 valence electrons. The Bertz CT molecular complexity index is 785. The van der Waals surface area contributed by atoms with E-state index in [0.29, 0.717) is 11.3 Å². The molecular weight excluding hydrogens is 288 g/mol. The second-order valence-corrected chi connectivity index (χ2v) is 5.49. The third-order valence-electron chi connectivity index (χ3n) is 2.28. The Balaban J connectivity index is 2.46. The minimum Gasteiger partial charge on any atom is -0.282 e. The van der Waals surface area contributed by atoms with Crippen LogP contribution in [-0.4, -0.2) is 22.8 Å². The number of nitrogens with zero attached hydrogens (tertiary/aromatic N) is 2. The van der Waals surface area contributed by atoms with E-state index in [1.807, 2.05) is 0 Å². The number of aromatic nitrogens is 2. The molecule has 0 amide bonds. The van der Waals surface area contributed by atoms with Gasteiger partial charge in [-0.05, 0) is 24.1 Å². The van der Waals surface area contributed by atoms with Gasteiger partial charge in [-0.3, -0.25) is 9.23 Å². The van der Waals surface area contributed by atoms with Crippen molar-refractivity contribution in [2.24, 2.45) is 7.05 Å². The van der Waals surface area contributed by atoms with Crippen LogP contribution in [0.5, 0.6) is 0 Å². The molecule has 5 nitrogen and oxygen atoms in total. The van der Waals surface area contributed by atoms with E-state index in [-0.39, 0.29) is 9.92 Å². The molecule has 0 saturated heterocycles. The van der Waals surface area contributed by atoms with Crippen LogP contribution in [-0.2, 0) is 17.2 Å². The zero-order valence-electron chi connectivity index (χ0n) is 9.83. The smallest absolute Gasteiger partial charge is 0.282 e. The van der Waals surface area contributed by atoms with E-state index in [0.717, 1.165) is 0 Å². The Morgan fingerprint density at radius 3 is 2.63 bits per heavy atom. The molecule has 0 fully saturated rings. The van der Waals surface area contributed by atoms with E-state index < -0.39 is 10.1 Å². The van der Waals surface area contributed by atoms with E-state index >= 15 is 0 Å². The fourth-order valence-electron chi connectivity index (χ4n) is 1.42. The van der Waals surface area contributed by atoms with Gasteiger partial charge in [0.2, 0.25) is 0 Å². The molecule has 0 atom stereocenters. The summed E-state index contributed by atoms with van der Waals surface area (Å²) in [7, 11) is -2.59. The van der Waals surface area contributed by atoms with E-state index in [2.05, 4.69) is 16.9 Å². The van der Waals surface area contributed by atoms with E-state index in [1.165, 1.54) is 12.1 Å². The van der Waals surface area contributed by atoms with Crippen LogP contribution < -0.4 is 0 Å². The van der Waals surface area contributed by atoms with Gasteiger partial charge in [0.05, 0.1) is 5.02 Å². The molecule has 0 bridgehead atoms. The maximum absolute atomic E-state index is 11.1. The van der Waals surface area contributed by atoms with Gasteiger partial charge < -0.3 is 0 Å². The summed E-state index contributed by atoms with van der Waals surface area (Å²) in [5, 5.41) is 3.96. The van der Waals surface area contributed by atoms with E-state index in [1.54, 1.807) is 30.1 Å². The lowest BCUT2D eigenvalue weighted by atomic mass is 10.2. The van der Waals surface area contributed by atoms with Crippen molar-refractivity contribution < 1.29 is 13.0 Å². The van der Waals surface area contributed by atoms with E-state index in [9.17, 15) is 8.42 Å². The van der Waals surface area contributed by atoms with Crippen LogP contribution in [0.3, 0.4) is 0 Å². The molecule has 2 rings (SSSR count). The summed E-state index contributed by atoms with van der Waals surface area (Å²) in [5.41, 5.74) is 0.846. The first-order chi connectivity index (χ1) is 8.88. The summed E-state index contributed by atoms with van der Waals surface area (Å²) in [4.78, 5) is -0.359. The fourth-order valence-corrected chi connectivity index (χ4v) is 2.47. The van der Waals surface area contributed by atoms with Crippen molar-refractivity contribution in [3.8, 4) is 11.8 Å². The molecule has 1 heterocycles. The molecule has 0 aliphatic carbocycles. The monoisotopic (exact) mass is 296 g/mol. The van der Waals surface area contributed by atoms with Gasteiger partial charge in [0, 0.05) is 18.8 Å². The highest BCUT2D eigenvalue weighted by atomic mass is 35.5. The molecule has 0 aliphatic rings. The number of hydrogen-bond donors (Lipinski definition) is 1. The van der Waals surface area contributed by atoms with Gasteiger partial charge in [-0.2, -0.15) is 13.5 Å². The SMILES string of the molecule is Cn1ccc(C#Cc2cccc(S(=O)(=O)O)c2Cl)n1. The minimum atomic E-state index is -4.35. The van der Waals surface area contributed by atoms with Crippen molar-refractivity contribution in [3.05, 3.63) is 46.7 Å². The summed E-state index contributed by atoms with van der Waals surface area (Å²) in [6, 6.07) is 5.95. The molecule has 0 aliphatic heterocycles. The Morgan fingerprint density at radius 2 is 2.05 bits per heavy atom. The number of rotatable bonds is 1. The number of halogens is 1. The lowest BCUT2D eigenvalue weighted by Crippen LogP contribution is -1.99. The van der Waals surface area contributed by atoms with Gasteiger partial charge in [0.1, 0.15) is 10.6 Å². The average molecular weight is 297 g/mol. The molecule has 0 unspecified atom stereocenters. The van der Waals surface area contributed by atoms with Crippen LogP contribution >= 0.6 is 11.6 Å². The highest BCUT2D eigenvalue weighted by molar-refractivity contribution is 7.86. The molecule has 1 aromatic carbocycles. The topological polar surface area (TPSA) is 72.2 Å². The second kappa shape index (κ2) is 5.05. The highest BCUT2D eigenvalue weighted by Gasteiger charge is 2.15. The molecule has 19 heavy (non-hydrogen) atoms. The Labute approximate surface area is 115 Å². The summed E-state index contributed by atoms with van der Waals surface area (Å²) in [5.74, 6) is 5.48. The maximum Gasteiger partial charge on any atom is 0.296 e. The molecule has 0 radical (unpaired) electrons. The fraction of sp³-hybridized carbons (Fsp3) is 0.0833. The van der Waals surface area contributed by atoms with Gasteiger partial charge >= 0.3 is 0 Å². The third kappa shape index (κ3) is 3.15. The van der Waals surface area contributed by atoms with Crippen LogP contribution in [0, 0.1) is 11.8 Å². The standard InChI is InChI=1S/C12H9ClN2O3S/c1-15-8-7-10(14-15)6-5-9-3-2-4-11(12(9)13)19(16,17)18/h2-4,7-8H,1H3,(H,16,17,18). The first-order valence-electron chi connectivity index (χ1n) is 5.15. The molecule has 1 N–H and O–H groups in total. The van der Waals surface area contributed by atoms with Crippen molar-refractivity contribution in [1.29, 1.82) is 0 Å². The van der Waals surface area contributed by atoms with Crippen LogP contribution in [0.4, 0.5) is 0 Å². The predicted octanol–water partition coefficient (Wildman–Crippen LogP) is 1.72. The zero-order chi connectivity index (χ0) is 14.0. The van der Waals surface area contributed by atoms with Crippen molar-refractivity contribution in [2.75, 3.05) is 0 Å². The van der Waals surface area contributed by atoms with Crippen molar-refractivity contribution >= 4 is 21.7 Å². The molecule has 1 aromatic heterocycles. The van der Waals surface area contributed by atoms with Gasteiger partial charge in [-0.15, -0.1) is 0 Å². The molecular formula is C12H9ClN2O3S. The average Bonchev–Trinajstić information content (AvgIpc) is 2.72. The predicted molar refractivity (Wildman–Crippen MR) is 70.5 cm³/mol. The molecule has 0 saturated carbocycles. The summed E-state index contributed by atoms with van der Waals surface area (Å²) in [6.45, 7) is 0. The van der Waals surface area contributed by atoms with Crippen molar-refractivity contribution in [1.82, 2.24) is 9.78 Å². The molecule has 0 spiro atoms. The Hall–Kier alpha value is -1.81. The van der Waals surface area contributed by atoms with Crippen LogP contribution in [0.15, 0.2) is 35.4 Å². The summed E-state index contributed by atoms with van der Waals surface area (Å²) in [6.07, 6.45) is 1.74. The lowest BCUT2D eigenvalue weighted by molar-refractivity contribution is 0.483. The van der Waals surface area contributed by atoms with Gasteiger partial charge in [-0.25, -0.2) is 0 Å². The maximum atomic E-state index is 11.1.